The second-order valence-corrected chi connectivity index (χ2v) is 7.02. The molecule has 1 amide bonds. The fourth-order valence-corrected chi connectivity index (χ4v) is 4.10. The fourth-order valence-electron chi connectivity index (χ4n) is 4.10. The largest absolute Gasteiger partial charge is 0.431 e. The Labute approximate surface area is 160 Å². The molecule has 4 nitrogen and oxygen atoms in total. The molecule has 1 heterocycles. The van der Waals surface area contributed by atoms with Crippen molar-refractivity contribution in [3.8, 4) is 0 Å². The average Bonchev–Trinajstić information content (AvgIpc) is 2.65. The Balaban J connectivity index is 2.23. The summed E-state index contributed by atoms with van der Waals surface area (Å²) >= 11 is 0. The van der Waals surface area contributed by atoms with E-state index in [4.69, 9.17) is 4.74 Å². The lowest BCUT2D eigenvalue weighted by Gasteiger charge is -2.46. The highest BCUT2D eigenvalue weighted by Crippen LogP contribution is 2.48. The standard InChI is InChI=1S/C23H25NO3/c1-15-21(19-11-7-5-8-12-19)24(17(3)25)22(20-13-9-6-10-14-20)16(2)23(15)27-18(4)26/h5-15,21-22H,1-4H3/t15-,21+,22-/m1/s1. The molecule has 4 heteroatoms. The molecule has 3 atom stereocenters. The van der Waals surface area contributed by atoms with Gasteiger partial charge in [0.1, 0.15) is 5.76 Å². The van der Waals surface area contributed by atoms with E-state index in [1.54, 1.807) is 6.92 Å². The van der Waals surface area contributed by atoms with Gasteiger partial charge in [0.2, 0.25) is 5.91 Å². The van der Waals surface area contributed by atoms with Crippen molar-refractivity contribution >= 4 is 11.9 Å². The summed E-state index contributed by atoms with van der Waals surface area (Å²) in [6.07, 6.45) is 0. The number of hydrogen-bond acceptors (Lipinski definition) is 3. The molecule has 0 aromatic heterocycles. The van der Waals surface area contributed by atoms with Gasteiger partial charge in [0, 0.05) is 19.8 Å². The van der Waals surface area contributed by atoms with Gasteiger partial charge in [-0.3, -0.25) is 9.59 Å². The lowest BCUT2D eigenvalue weighted by molar-refractivity contribution is -0.141. The molecule has 0 fully saturated rings. The minimum Gasteiger partial charge on any atom is -0.431 e. The SMILES string of the molecule is CC(=O)OC1=C(C)[C@H](c2ccccc2)N(C(C)=O)[C@H](c2ccccc2)[C@H]1C. The maximum Gasteiger partial charge on any atom is 0.307 e. The third-order valence-electron chi connectivity index (χ3n) is 5.14. The van der Waals surface area contributed by atoms with Gasteiger partial charge in [-0.05, 0) is 23.6 Å². The summed E-state index contributed by atoms with van der Waals surface area (Å²) in [7, 11) is 0. The van der Waals surface area contributed by atoms with Crippen LogP contribution in [0.15, 0.2) is 72.0 Å². The van der Waals surface area contributed by atoms with E-state index in [-0.39, 0.29) is 29.9 Å². The first-order chi connectivity index (χ1) is 12.9. The molecule has 2 aromatic rings. The second-order valence-electron chi connectivity index (χ2n) is 7.02. The van der Waals surface area contributed by atoms with Crippen molar-refractivity contribution in [1.82, 2.24) is 4.90 Å². The van der Waals surface area contributed by atoms with Crippen molar-refractivity contribution < 1.29 is 14.3 Å². The summed E-state index contributed by atoms with van der Waals surface area (Å²) in [5.74, 6) is 0.166. The van der Waals surface area contributed by atoms with Gasteiger partial charge in [0.25, 0.3) is 0 Å². The third kappa shape index (κ3) is 3.65. The molecular weight excluding hydrogens is 338 g/mol. The Morgan fingerprint density at radius 3 is 1.89 bits per heavy atom. The number of ether oxygens (including phenoxy) is 1. The molecule has 0 N–H and O–H groups in total. The molecule has 0 spiro atoms. The first-order valence-corrected chi connectivity index (χ1v) is 9.19. The molecule has 0 bridgehead atoms. The van der Waals surface area contributed by atoms with Crippen LogP contribution in [0.3, 0.4) is 0 Å². The van der Waals surface area contributed by atoms with Crippen LogP contribution in [0.2, 0.25) is 0 Å². The van der Waals surface area contributed by atoms with Crippen molar-refractivity contribution in [2.45, 2.75) is 39.8 Å². The second kappa shape index (κ2) is 7.78. The molecular formula is C23H25NO3. The first kappa shape index (κ1) is 18.9. The first-order valence-electron chi connectivity index (χ1n) is 9.19. The van der Waals surface area contributed by atoms with E-state index in [0.717, 1.165) is 16.7 Å². The number of amides is 1. The normalized spacial score (nSPS) is 22.5. The van der Waals surface area contributed by atoms with E-state index < -0.39 is 0 Å². The summed E-state index contributed by atoms with van der Waals surface area (Å²) in [6, 6.07) is 19.3. The third-order valence-corrected chi connectivity index (χ3v) is 5.14. The number of esters is 1. The van der Waals surface area contributed by atoms with Gasteiger partial charge in [-0.15, -0.1) is 0 Å². The number of rotatable bonds is 3. The number of carbonyl (C=O) groups excluding carboxylic acids is 2. The zero-order valence-electron chi connectivity index (χ0n) is 16.2. The molecule has 27 heavy (non-hydrogen) atoms. The molecule has 1 aliphatic rings. The van der Waals surface area contributed by atoms with Gasteiger partial charge in [0.15, 0.2) is 0 Å². The van der Waals surface area contributed by atoms with Crippen molar-refractivity contribution in [2.24, 2.45) is 5.92 Å². The Kier molecular flexibility index (Phi) is 5.45. The molecule has 0 saturated heterocycles. The molecule has 2 aromatic carbocycles. The maximum absolute atomic E-state index is 12.8. The number of benzene rings is 2. The van der Waals surface area contributed by atoms with Crippen LogP contribution in [0.5, 0.6) is 0 Å². The van der Waals surface area contributed by atoms with E-state index >= 15 is 0 Å². The summed E-state index contributed by atoms with van der Waals surface area (Å²) in [6.45, 7) is 6.97. The molecule has 1 aliphatic heterocycles. The van der Waals surface area contributed by atoms with Gasteiger partial charge in [-0.1, -0.05) is 67.6 Å². The molecule has 0 radical (unpaired) electrons. The van der Waals surface area contributed by atoms with Crippen molar-refractivity contribution in [3.63, 3.8) is 0 Å². The van der Waals surface area contributed by atoms with Crippen molar-refractivity contribution in [1.29, 1.82) is 0 Å². The minimum absolute atomic E-state index is 0.00854. The molecule has 140 valence electrons. The fraction of sp³-hybridized carbons (Fsp3) is 0.304. The lowest BCUT2D eigenvalue weighted by Crippen LogP contribution is -2.44. The highest BCUT2D eigenvalue weighted by molar-refractivity contribution is 5.76. The topological polar surface area (TPSA) is 46.6 Å². The minimum atomic E-state index is -0.342. The van der Waals surface area contributed by atoms with Crippen LogP contribution in [0.25, 0.3) is 0 Å². The van der Waals surface area contributed by atoms with Crippen LogP contribution >= 0.6 is 0 Å². The highest BCUT2D eigenvalue weighted by Gasteiger charge is 2.43. The zero-order chi connectivity index (χ0) is 19.6. The molecule has 3 rings (SSSR count). The van der Waals surface area contributed by atoms with Crippen LogP contribution in [-0.2, 0) is 14.3 Å². The van der Waals surface area contributed by atoms with Gasteiger partial charge < -0.3 is 9.64 Å². The van der Waals surface area contributed by atoms with Crippen LogP contribution in [0.1, 0.15) is 50.9 Å². The lowest BCUT2D eigenvalue weighted by atomic mass is 9.80. The van der Waals surface area contributed by atoms with Crippen LogP contribution in [0.4, 0.5) is 0 Å². The van der Waals surface area contributed by atoms with E-state index in [1.165, 1.54) is 6.92 Å². The van der Waals surface area contributed by atoms with E-state index in [1.807, 2.05) is 79.4 Å². The molecule has 0 saturated carbocycles. The predicted octanol–water partition coefficient (Wildman–Crippen LogP) is 4.80. The molecule has 0 aliphatic carbocycles. The van der Waals surface area contributed by atoms with Crippen LogP contribution in [-0.4, -0.2) is 16.8 Å². The number of nitrogens with zero attached hydrogens (tertiary/aromatic N) is 1. The summed E-state index contributed by atoms with van der Waals surface area (Å²) in [4.78, 5) is 26.5. The zero-order valence-corrected chi connectivity index (χ0v) is 16.2. The van der Waals surface area contributed by atoms with Gasteiger partial charge in [-0.2, -0.15) is 0 Å². The summed E-state index contributed by atoms with van der Waals surface area (Å²) in [5, 5.41) is 0. The Morgan fingerprint density at radius 2 is 1.41 bits per heavy atom. The van der Waals surface area contributed by atoms with Gasteiger partial charge in [0.05, 0.1) is 12.1 Å². The average molecular weight is 363 g/mol. The summed E-state index contributed by atoms with van der Waals surface area (Å²) < 4.78 is 5.65. The van der Waals surface area contributed by atoms with E-state index in [9.17, 15) is 9.59 Å². The Bertz CT molecular complexity index is 858. The van der Waals surface area contributed by atoms with Crippen molar-refractivity contribution in [3.05, 3.63) is 83.1 Å². The van der Waals surface area contributed by atoms with Crippen LogP contribution in [0, 0.1) is 5.92 Å². The Morgan fingerprint density at radius 1 is 0.889 bits per heavy atom. The maximum atomic E-state index is 12.8. The smallest absolute Gasteiger partial charge is 0.307 e. The quantitative estimate of drug-likeness (QED) is 0.736. The van der Waals surface area contributed by atoms with Crippen LogP contribution < -0.4 is 0 Å². The van der Waals surface area contributed by atoms with E-state index in [0.29, 0.717) is 5.76 Å². The van der Waals surface area contributed by atoms with Gasteiger partial charge in [-0.25, -0.2) is 0 Å². The van der Waals surface area contributed by atoms with Gasteiger partial charge >= 0.3 is 5.97 Å². The highest BCUT2D eigenvalue weighted by atomic mass is 16.5. The van der Waals surface area contributed by atoms with E-state index in [2.05, 4.69) is 0 Å². The molecule has 0 unspecified atom stereocenters. The summed E-state index contributed by atoms with van der Waals surface area (Å²) in [5.41, 5.74) is 2.92. The van der Waals surface area contributed by atoms with Crippen molar-refractivity contribution in [2.75, 3.05) is 0 Å². The number of carbonyl (C=O) groups is 2. The number of hydrogen-bond donors (Lipinski definition) is 0. The monoisotopic (exact) mass is 363 g/mol. The Hall–Kier alpha value is -2.88. The predicted molar refractivity (Wildman–Crippen MR) is 105 cm³/mol.